The van der Waals surface area contributed by atoms with E-state index in [-0.39, 0.29) is 50.9 Å². The zero-order valence-electron chi connectivity index (χ0n) is 28.1. The van der Waals surface area contributed by atoms with Gasteiger partial charge in [0.15, 0.2) is 5.65 Å². The number of rotatable bonds is 13. The number of ether oxygens (including phenoxy) is 3. The zero-order valence-corrected chi connectivity index (χ0v) is 28.1. The number of nitrogens with zero attached hydrogens (tertiary/aromatic N) is 3. The lowest BCUT2D eigenvalue weighted by Crippen LogP contribution is -2.52. The number of carbonyl (C=O) groups is 2. The number of nitrogens with one attached hydrogen (secondary N) is 3. The van der Waals surface area contributed by atoms with E-state index in [1.54, 1.807) is 63.4 Å². The fourth-order valence-corrected chi connectivity index (χ4v) is 5.67. The molecule has 0 spiro atoms. The maximum Gasteiger partial charge on any atom is 0.409 e. The van der Waals surface area contributed by atoms with E-state index in [0.717, 1.165) is 12.8 Å². The Hall–Kier alpha value is -4.05. The second-order valence-electron chi connectivity index (χ2n) is 13.9. The third kappa shape index (κ3) is 11.0. The number of imidazole rings is 1. The molecule has 0 unspecified atom stereocenters. The summed E-state index contributed by atoms with van der Waals surface area (Å²) in [6, 6.07) is 6.42. The van der Waals surface area contributed by atoms with Gasteiger partial charge in [-0.15, -0.1) is 0 Å². The molecule has 3 atom stereocenters. The summed E-state index contributed by atoms with van der Waals surface area (Å²) in [7, 11) is 0. The minimum atomic E-state index is -4.79. The number of hydrogen-bond acceptors (Lipinski definition) is 8. The molecule has 2 aliphatic rings. The van der Waals surface area contributed by atoms with Crippen molar-refractivity contribution >= 4 is 17.8 Å². The van der Waals surface area contributed by atoms with Crippen molar-refractivity contribution in [3.63, 3.8) is 0 Å². The van der Waals surface area contributed by atoms with Crippen LogP contribution in [-0.4, -0.2) is 69.8 Å². The van der Waals surface area contributed by atoms with Crippen LogP contribution in [0.4, 0.5) is 31.5 Å². The first-order valence-corrected chi connectivity index (χ1v) is 16.7. The molecule has 11 nitrogen and oxygen atoms in total. The molecule has 0 bridgehead atoms. The summed E-state index contributed by atoms with van der Waals surface area (Å²) in [5, 5.41) is 12.0. The van der Waals surface area contributed by atoms with Gasteiger partial charge in [0.25, 0.3) is 0 Å². The average Bonchev–Trinajstić information content (AvgIpc) is 3.77. The van der Waals surface area contributed by atoms with Crippen LogP contribution >= 0.6 is 0 Å². The Morgan fingerprint density at radius 1 is 1.02 bits per heavy atom. The number of hydrogen-bond donors (Lipinski definition) is 3. The molecule has 5 rings (SSSR count). The quantitative estimate of drug-likeness (QED) is 0.166. The molecular formula is C34H43F5N6O5. The lowest BCUT2D eigenvalue weighted by Gasteiger charge is -2.33. The van der Waals surface area contributed by atoms with Gasteiger partial charge in [-0.3, -0.25) is 0 Å². The van der Waals surface area contributed by atoms with Gasteiger partial charge in [-0.1, -0.05) is 30.3 Å². The Morgan fingerprint density at radius 2 is 1.72 bits per heavy atom. The Balaban J connectivity index is 1.32. The smallest absolute Gasteiger partial charge is 0.409 e. The highest BCUT2D eigenvalue weighted by Crippen LogP contribution is 2.41. The predicted molar refractivity (Wildman–Crippen MR) is 171 cm³/mol. The fraction of sp³-hybridized carbons (Fsp3) is 0.588. The van der Waals surface area contributed by atoms with Gasteiger partial charge in [0.2, 0.25) is 5.92 Å². The highest BCUT2D eigenvalue weighted by molar-refractivity contribution is 5.68. The SMILES string of the molecule is CC(C)(C)OC(=O)N[C@H](c1cn2ncc([C@@H](COC3CC3)NC[C@H](NC(=O)OCc3ccccc3)C(F)(F)F)cc2n1)C1CCC(F)(F)CC1. The summed E-state index contributed by atoms with van der Waals surface area (Å²) >= 11 is 0. The van der Waals surface area contributed by atoms with Crippen molar-refractivity contribution in [1.29, 1.82) is 0 Å². The number of halogens is 5. The van der Waals surface area contributed by atoms with Crippen molar-refractivity contribution in [2.24, 2.45) is 5.92 Å². The maximum absolute atomic E-state index is 14.0. The van der Waals surface area contributed by atoms with Gasteiger partial charge in [0, 0.05) is 19.4 Å². The number of benzene rings is 1. The van der Waals surface area contributed by atoms with Crippen LogP contribution in [0, 0.1) is 5.92 Å². The first-order valence-electron chi connectivity index (χ1n) is 16.7. The maximum atomic E-state index is 14.0. The topological polar surface area (TPSA) is 128 Å². The van der Waals surface area contributed by atoms with E-state index >= 15 is 0 Å². The van der Waals surface area contributed by atoms with E-state index in [1.807, 2.05) is 5.32 Å². The number of fused-ring (bicyclic) bond motifs is 1. The molecule has 2 aromatic heterocycles. The Morgan fingerprint density at radius 3 is 2.36 bits per heavy atom. The standard InChI is InChI=1S/C34H43F5N6O5/c1-32(2,3)50-31(47)44-29(22-11-13-33(35,36)14-12-22)25-18-45-28(42-25)15-23(16-41-45)26(20-48-24-9-10-24)40-17-27(34(37,38)39)43-30(46)49-19-21-7-5-4-6-8-21/h4-8,15-16,18,22,24,26-27,29,40H,9-14,17,19-20H2,1-3H3,(H,43,46)(H,44,47)/t26-,27+,29+/m1/s1. The summed E-state index contributed by atoms with van der Waals surface area (Å²) in [4.78, 5) is 29.8. The van der Waals surface area contributed by atoms with Crippen molar-refractivity contribution < 1.29 is 45.8 Å². The minimum Gasteiger partial charge on any atom is -0.445 e. The van der Waals surface area contributed by atoms with Gasteiger partial charge in [0.1, 0.15) is 18.2 Å². The molecule has 2 amide bonds. The monoisotopic (exact) mass is 710 g/mol. The average molecular weight is 711 g/mol. The van der Waals surface area contributed by atoms with E-state index in [9.17, 15) is 31.5 Å². The van der Waals surface area contributed by atoms with Crippen molar-refractivity contribution in [2.45, 2.75) is 108 Å². The summed E-state index contributed by atoms with van der Waals surface area (Å²) < 4.78 is 87.9. The molecule has 0 radical (unpaired) electrons. The van der Waals surface area contributed by atoms with Gasteiger partial charge in [-0.25, -0.2) is 27.9 Å². The summed E-state index contributed by atoms with van der Waals surface area (Å²) in [6.45, 7) is 4.27. The molecule has 2 fully saturated rings. The van der Waals surface area contributed by atoms with Crippen LogP contribution in [0.5, 0.6) is 0 Å². The molecular weight excluding hydrogens is 667 g/mol. The molecule has 274 valence electrons. The molecule has 3 N–H and O–H groups in total. The lowest BCUT2D eigenvalue weighted by atomic mass is 9.81. The molecule has 0 aliphatic heterocycles. The Labute approximate surface area is 286 Å². The van der Waals surface area contributed by atoms with Crippen LogP contribution in [0.2, 0.25) is 0 Å². The van der Waals surface area contributed by atoms with Crippen LogP contribution < -0.4 is 16.0 Å². The van der Waals surface area contributed by atoms with Crippen LogP contribution in [0.25, 0.3) is 5.65 Å². The van der Waals surface area contributed by atoms with Gasteiger partial charge < -0.3 is 30.2 Å². The number of alkyl halides is 5. The minimum absolute atomic E-state index is 0.000998. The van der Waals surface area contributed by atoms with E-state index in [2.05, 4.69) is 20.7 Å². The van der Waals surface area contributed by atoms with Crippen molar-refractivity contribution in [1.82, 2.24) is 30.5 Å². The molecule has 2 saturated carbocycles. The Bertz CT molecular complexity index is 1580. The van der Waals surface area contributed by atoms with Crippen molar-refractivity contribution in [2.75, 3.05) is 13.2 Å². The zero-order chi connectivity index (χ0) is 36.1. The molecule has 0 saturated heterocycles. The van der Waals surface area contributed by atoms with Crippen molar-refractivity contribution in [3.05, 3.63) is 65.6 Å². The van der Waals surface area contributed by atoms with E-state index in [4.69, 9.17) is 14.2 Å². The normalized spacial score (nSPS) is 18.6. The number of alkyl carbamates (subject to hydrolysis) is 2. The number of amides is 2. The second kappa shape index (κ2) is 15.5. The molecule has 50 heavy (non-hydrogen) atoms. The molecule has 1 aromatic carbocycles. The van der Waals surface area contributed by atoms with Gasteiger partial charge in [-0.2, -0.15) is 18.3 Å². The third-order valence-corrected chi connectivity index (χ3v) is 8.48. The van der Waals surface area contributed by atoms with Crippen LogP contribution in [0.3, 0.4) is 0 Å². The van der Waals surface area contributed by atoms with Crippen molar-refractivity contribution in [3.8, 4) is 0 Å². The predicted octanol–water partition coefficient (Wildman–Crippen LogP) is 6.79. The highest BCUT2D eigenvalue weighted by Gasteiger charge is 2.42. The van der Waals surface area contributed by atoms with Gasteiger partial charge in [0.05, 0.1) is 42.9 Å². The molecule has 2 aliphatic carbocycles. The van der Waals surface area contributed by atoms with Crippen LogP contribution in [0.15, 0.2) is 48.8 Å². The van der Waals surface area contributed by atoms with E-state index < -0.39 is 54.6 Å². The van der Waals surface area contributed by atoms with E-state index in [0.29, 0.717) is 22.5 Å². The fourth-order valence-electron chi connectivity index (χ4n) is 5.67. The molecule has 16 heteroatoms. The van der Waals surface area contributed by atoms with Gasteiger partial charge in [-0.05, 0) is 69.6 Å². The highest BCUT2D eigenvalue weighted by atomic mass is 19.4. The summed E-state index contributed by atoms with van der Waals surface area (Å²) in [5.74, 6) is -3.13. The molecule has 2 heterocycles. The van der Waals surface area contributed by atoms with Crippen LogP contribution in [-0.2, 0) is 20.8 Å². The first kappa shape index (κ1) is 37.2. The van der Waals surface area contributed by atoms with E-state index in [1.165, 1.54) is 10.7 Å². The summed E-state index contributed by atoms with van der Waals surface area (Å²) in [5.41, 5.74) is 1.00. The lowest BCUT2D eigenvalue weighted by molar-refractivity contribution is -0.153. The second-order valence-corrected chi connectivity index (χ2v) is 13.9. The number of carbonyl (C=O) groups excluding carboxylic acids is 2. The van der Waals surface area contributed by atoms with Crippen LogP contribution in [0.1, 0.15) is 88.2 Å². The summed E-state index contributed by atoms with van der Waals surface area (Å²) in [6.07, 6.45) is -2.34. The third-order valence-electron chi connectivity index (χ3n) is 8.48. The Kier molecular flexibility index (Phi) is 11.5. The first-order chi connectivity index (χ1) is 23.5. The molecule has 3 aromatic rings. The number of aromatic nitrogens is 3. The largest absolute Gasteiger partial charge is 0.445 e. The van der Waals surface area contributed by atoms with Gasteiger partial charge >= 0.3 is 18.4 Å².